The van der Waals surface area contributed by atoms with Gasteiger partial charge in [-0.05, 0) is 47.7 Å². The molecule has 3 rings (SSSR count). The number of hydrogen-bond acceptors (Lipinski definition) is 1. The van der Waals surface area contributed by atoms with Gasteiger partial charge in [-0.25, -0.2) is 4.79 Å². The summed E-state index contributed by atoms with van der Waals surface area (Å²) >= 11 is 0. The standard InChI is InChI=1S/C23H26N2O/c1-18(12-13-19-8-4-3-5-9-19)24-23(26)25(2)17-20-14-15-21-10-6-7-11-22(21)16-20/h3-11,14-16,18H,12-13,17H2,1-2H3,(H,24,26). The van der Waals surface area contributed by atoms with Crippen LogP contribution in [-0.4, -0.2) is 24.0 Å². The number of aryl methyl sites for hydroxylation is 1. The molecule has 3 nitrogen and oxygen atoms in total. The first-order chi connectivity index (χ1) is 12.6. The lowest BCUT2D eigenvalue weighted by atomic mass is 10.1. The van der Waals surface area contributed by atoms with Crippen LogP contribution in [0.4, 0.5) is 4.79 Å². The van der Waals surface area contributed by atoms with Crippen LogP contribution >= 0.6 is 0 Å². The molecule has 0 aliphatic heterocycles. The van der Waals surface area contributed by atoms with E-state index in [4.69, 9.17) is 0 Å². The summed E-state index contributed by atoms with van der Waals surface area (Å²) in [6, 6.07) is 25.1. The van der Waals surface area contributed by atoms with Gasteiger partial charge in [0.05, 0.1) is 0 Å². The Kier molecular flexibility index (Phi) is 5.90. The summed E-state index contributed by atoms with van der Waals surface area (Å²) < 4.78 is 0. The number of nitrogens with one attached hydrogen (secondary N) is 1. The van der Waals surface area contributed by atoms with Gasteiger partial charge in [-0.2, -0.15) is 0 Å². The summed E-state index contributed by atoms with van der Waals surface area (Å²) in [5.74, 6) is 0. The van der Waals surface area contributed by atoms with E-state index in [1.165, 1.54) is 16.3 Å². The fourth-order valence-electron chi connectivity index (χ4n) is 3.10. The maximum atomic E-state index is 12.4. The molecule has 0 radical (unpaired) electrons. The Balaban J connectivity index is 1.51. The SMILES string of the molecule is CC(CCc1ccccc1)NC(=O)N(C)Cc1ccc2ccccc2c1. The van der Waals surface area contributed by atoms with E-state index in [1.807, 2.05) is 25.2 Å². The van der Waals surface area contributed by atoms with Crippen molar-refractivity contribution in [1.29, 1.82) is 0 Å². The van der Waals surface area contributed by atoms with Crippen LogP contribution in [0.25, 0.3) is 10.8 Å². The Morgan fingerprint density at radius 2 is 1.62 bits per heavy atom. The third-order valence-corrected chi connectivity index (χ3v) is 4.66. The van der Waals surface area contributed by atoms with Crippen molar-refractivity contribution in [3.05, 3.63) is 83.9 Å². The van der Waals surface area contributed by atoms with Crippen molar-refractivity contribution in [3.63, 3.8) is 0 Å². The highest BCUT2D eigenvalue weighted by Gasteiger charge is 2.12. The van der Waals surface area contributed by atoms with Crippen LogP contribution in [-0.2, 0) is 13.0 Å². The maximum absolute atomic E-state index is 12.4. The van der Waals surface area contributed by atoms with Crippen molar-refractivity contribution in [3.8, 4) is 0 Å². The third kappa shape index (κ3) is 4.85. The zero-order chi connectivity index (χ0) is 18.4. The molecule has 0 fully saturated rings. The highest BCUT2D eigenvalue weighted by Crippen LogP contribution is 2.16. The minimum Gasteiger partial charge on any atom is -0.336 e. The summed E-state index contributed by atoms with van der Waals surface area (Å²) in [7, 11) is 1.84. The number of urea groups is 1. The molecule has 0 saturated heterocycles. The van der Waals surface area contributed by atoms with Gasteiger partial charge in [-0.3, -0.25) is 0 Å². The van der Waals surface area contributed by atoms with Crippen LogP contribution < -0.4 is 5.32 Å². The Morgan fingerprint density at radius 3 is 2.38 bits per heavy atom. The molecule has 26 heavy (non-hydrogen) atoms. The maximum Gasteiger partial charge on any atom is 0.317 e. The molecule has 0 spiro atoms. The highest BCUT2D eigenvalue weighted by atomic mass is 16.2. The summed E-state index contributed by atoms with van der Waals surface area (Å²) in [5, 5.41) is 5.52. The number of benzene rings is 3. The fraction of sp³-hybridized carbons (Fsp3) is 0.261. The normalized spacial score (nSPS) is 11.9. The van der Waals surface area contributed by atoms with Gasteiger partial charge in [0.25, 0.3) is 0 Å². The first kappa shape index (κ1) is 18.0. The molecule has 1 unspecified atom stereocenters. The molecule has 0 aliphatic carbocycles. The van der Waals surface area contributed by atoms with E-state index >= 15 is 0 Å². The number of rotatable bonds is 6. The van der Waals surface area contributed by atoms with Crippen molar-refractivity contribution < 1.29 is 4.79 Å². The molecule has 3 aromatic carbocycles. The van der Waals surface area contributed by atoms with E-state index in [1.54, 1.807) is 4.90 Å². The van der Waals surface area contributed by atoms with E-state index in [9.17, 15) is 4.79 Å². The molecule has 3 heteroatoms. The van der Waals surface area contributed by atoms with Gasteiger partial charge in [-0.15, -0.1) is 0 Å². The van der Waals surface area contributed by atoms with Gasteiger partial charge in [0.15, 0.2) is 0 Å². The molecule has 0 heterocycles. The Labute approximate surface area is 155 Å². The van der Waals surface area contributed by atoms with Gasteiger partial charge in [0, 0.05) is 19.6 Å². The quantitative estimate of drug-likeness (QED) is 0.669. The van der Waals surface area contributed by atoms with Crippen molar-refractivity contribution in [1.82, 2.24) is 10.2 Å². The smallest absolute Gasteiger partial charge is 0.317 e. The van der Waals surface area contributed by atoms with E-state index < -0.39 is 0 Å². The second-order valence-electron chi connectivity index (χ2n) is 6.91. The van der Waals surface area contributed by atoms with Crippen molar-refractivity contribution in [2.75, 3.05) is 7.05 Å². The fourth-order valence-corrected chi connectivity index (χ4v) is 3.10. The second-order valence-corrected chi connectivity index (χ2v) is 6.91. The number of fused-ring (bicyclic) bond motifs is 1. The zero-order valence-electron chi connectivity index (χ0n) is 15.5. The van der Waals surface area contributed by atoms with Crippen molar-refractivity contribution in [2.45, 2.75) is 32.4 Å². The number of carbonyl (C=O) groups excluding carboxylic acids is 1. The Morgan fingerprint density at radius 1 is 0.923 bits per heavy atom. The molecule has 1 atom stereocenters. The Bertz CT molecular complexity index is 860. The average Bonchev–Trinajstić information content (AvgIpc) is 2.67. The molecule has 0 aliphatic rings. The number of carbonyl (C=O) groups is 1. The summed E-state index contributed by atoms with van der Waals surface area (Å²) in [6.07, 6.45) is 1.90. The molecule has 1 N–H and O–H groups in total. The van der Waals surface area contributed by atoms with Gasteiger partial charge in [0.1, 0.15) is 0 Å². The van der Waals surface area contributed by atoms with Gasteiger partial charge >= 0.3 is 6.03 Å². The lowest BCUT2D eigenvalue weighted by Crippen LogP contribution is -2.41. The average molecular weight is 346 g/mol. The second kappa shape index (κ2) is 8.52. The van der Waals surface area contributed by atoms with Crippen LogP contribution in [0.1, 0.15) is 24.5 Å². The number of hydrogen-bond donors (Lipinski definition) is 1. The minimum atomic E-state index is -0.0290. The molecule has 3 aromatic rings. The lowest BCUT2D eigenvalue weighted by molar-refractivity contribution is 0.203. The predicted molar refractivity (Wildman–Crippen MR) is 108 cm³/mol. The van der Waals surface area contributed by atoms with Crippen LogP contribution in [0.5, 0.6) is 0 Å². The van der Waals surface area contributed by atoms with Crippen LogP contribution in [0, 0.1) is 0 Å². The van der Waals surface area contributed by atoms with Crippen LogP contribution in [0.3, 0.4) is 0 Å². The Hall–Kier alpha value is -2.81. The third-order valence-electron chi connectivity index (χ3n) is 4.66. The summed E-state index contributed by atoms with van der Waals surface area (Å²) in [4.78, 5) is 14.2. The van der Waals surface area contributed by atoms with E-state index in [-0.39, 0.29) is 12.1 Å². The monoisotopic (exact) mass is 346 g/mol. The molecule has 0 aromatic heterocycles. The van der Waals surface area contributed by atoms with E-state index in [0.29, 0.717) is 6.54 Å². The molecular formula is C23H26N2O. The van der Waals surface area contributed by atoms with Crippen LogP contribution in [0.2, 0.25) is 0 Å². The van der Waals surface area contributed by atoms with E-state index in [0.717, 1.165) is 18.4 Å². The van der Waals surface area contributed by atoms with Gasteiger partial charge < -0.3 is 10.2 Å². The first-order valence-electron chi connectivity index (χ1n) is 9.15. The minimum absolute atomic E-state index is 0.0290. The molecule has 134 valence electrons. The van der Waals surface area contributed by atoms with Gasteiger partial charge in [0.2, 0.25) is 0 Å². The van der Waals surface area contributed by atoms with Crippen molar-refractivity contribution in [2.24, 2.45) is 0 Å². The molecular weight excluding hydrogens is 320 g/mol. The topological polar surface area (TPSA) is 32.3 Å². The molecule has 0 bridgehead atoms. The van der Waals surface area contributed by atoms with E-state index in [2.05, 4.69) is 66.8 Å². The van der Waals surface area contributed by atoms with Gasteiger partial charge in [-0.1, -0.05) is 66.7 Å². The molecule has 2 amide bonds. The summed E-state index contributed by atoms with van der Waals surface area (Å²) in [6.45, 7) is 2.66. The number of amides is 2. The summed E-state index contributed by atoms with van der Waals surface area (Å²) in [5.41, 5.74) is 2.44. The highest BCUT2D eigenvalue weighted by molar-refractivity contribution is 5.83. The van der Waals surface area contributed by atoms with Crippen molar-refractivity contribution >= 4 is 16.8 Å². The lowest BCUT2D eigenvalue weighted by Gasteiger charge is -2.21. The van der Waals surface area contributed by atoms with Crippen LogP contribution in [0.15, 0.2) is 72.8 Å². The molecule has 0 saturated carbocycles. The zero-order valence-corrected chi connectivity index (χ0v) is 15.5. The predicted octanol–water partition coefficient (Wildman–Crippen LogP) is 5.00. The number of nitrogens with zero attached hydrogens (tertiary/aromatic N) is 1. The first-order valence-corrected chi connectivity index (χ1v) is 9.15. The largest absolute Gasteiger partial charge is 0.336 e.